The lowest BCUT2D eigenvalue weighted by Crippen LogP contribution is -2.48. The maximum absolute atomic E-state index is 13.0. The Balaban J connectivity index is 1.14. The van der Waals surface area contributed by atoms with E-state index < -0.39 is 0 Å². The second-order valence-corrected chi connectivity index (χ2v) is 10.1. The number of aromatic amines is 1. The number of hydrogen-bond donors (Lipinski definition) is 1. The van der Waals surface area contributed by atoms with Gasteiger partial charge in [-0.2, -0.15) is 0 Å². The Morgan fingerprint density at radius 3 is 2.64 bits per heavy atom. The number of nitrogens with one attached hydrogen (secondary N) is 1. The SMILES string of the molecule is O=C(c1ccc2ccccc2c1)N1CCN(Cc2nc3sc4c(c3c(=O)[nH]2)CCCC4)CC1. The second-order valence-electron chi connectivity index (χ2n) is 9.03. The van der Waals surface area contributed by atoms with Crippen LogP contribution in [0.4, 0.5) is 0 Å². The number of carbonyl (C=O) groups excluding carboxylic acids is 1. The van der Waals surface area contributed by atoms with Gasteiger partial charge in [-0.3, -0.25) is 14.5 Å². The molecule has 1 N–H and O–H groups in total. The zero-order valence-electron chi connectivity index (χ0n) is 18.5. The number of nitrogens with zero attached hydrogens (tertiary/aromatic N) is 3. The number of benzene rings is 2. The number of H-pyrrole nitrogens is 1. The zero-order chi connectivity index (χ0) is 22.4. The Bertz CT molecular complexity index is 1420. The van der Waals surface area contributed by atoms with Gasteiger partial charge >= 0.3 is 0 Å². The van der Waals surface area contributed by atoms with E-state index in [9.17, 15) is 9.59 Å². The van der Waals surface area contributed by atoms with Crippen LogP contribution in [0.1, 0.15) is 39.5 Å². The minimum absolute atomic E-state index is 0.000446. The highest BCUT2D eigenvalue weighted by Gasteiger charge is 2.24. The summed E-state index contributed by atoms with van der Waals surface area (Å²) in [4.78, 5) is 40.1. The summed E-state index contributed by atoms with van der Waals surface area (Å²) in [6.45, 7) is 3.48. The van der Waals surface area contributed by atoms with E-state index in [1.165, 1.54) is 16.9 Å². The van der Waals surface area contributed by atoms with Crippen LogP contribution in [0.2, 0.25) is 0 Å². The fourth-order valence-electron chi connectivity index (χ4n) is 5.11. The van der Waals surface area contributed by atoms with Crippen LogP contribution < -0.4 is 5.56 Å². The van der Waals surface area contributed by atoms with Crippen LogP contribution in [0.3, 0.4) is 0 Å². The van der Waals surface area contributed by atoms with Gasteiger partial charge in [0.25, 0.3) is 11.5 Å². The Kier molecular flexibility index (Phi) is 5.23. The summed E-state index contributed by atoms with van der Waals surface area (Å²) in [5, 5.41) is 3.04. The molecule has 1 aliphatic heterocycles. The number of hydrogen-bond acceptors (Lipinski definition) is 5. The van der Waals surface area contributed by atoms with Gasteiger partial charge in [0.05, 0.1) is 11.9 Å². The van der Waals surface area contributed by atoms with Crippen LogP contribution >= 0.6 is 11.3 Å². The predicted octanol–water partition coefficient (Wildman–Crippen LogP) is 3.97. The molecule has 1 fully saturated rings. The van der Waals surface area contributed by atoms with Crippen LogP contribution in [-0.2, 0) is 19.4 Å². The molecular formula is C26H26N4O2S. The Morgan fingerprint density at radius 2 is 1.79 bits per heavy atom. The van der Waals surface area contributed by atoms with E-state index in [0.717, 1.165) is 64.7 Å². The lowest BCUT2D eigenvalue weighted by atomic mass is 9.97. The van der Waals surface area contributed by atoms with E-state index >= 15 is 0 Å². The van der Waals surface area contributed by atoms with Crippen LogP contribution in [0, 0.1) is 0 Å². The molecule has 0 radical (unpaired) electrons. The summed E-state index contributed by atoms with van der Waals surface area (Å²) < 4.78 is 0. The van der Waals surface area contributed by atoms with Gasteiger partial charge in [0.2, 0.25) is 0 Å². The number of aryl methyl sites for hydroxylation is 2. The minimum Gasteiger partial charge on any atom is -0.336 e. The van der Waals surface area contributed by atoms with Gasteiger partial charge in [-0.05, 0) is 54.2 Å². The molecule has 0 atom stereocenters. The maximum atomic E-state index is 13.0. The molecular weight excluding hydrogens is 432 g/mol. The summed E-state index contributed by atoms with van der Waals surface area (Å²) in [6, 6.07) is 14.0. The molecule has 2 aromatic carbocycles. The van der Waals surface area contributed by atoms with E-state index in [1.54, 1.807) is 11.3 Å². The Labute approximate surface area is 195 Å². The van der Waals surface area contributed by atoms with Gasteiger partial charge in [0.1, 0.15) is 10.7 Å². The topological polar surface area (TPSA) is 69.3 Å². The van der Waals surface area contributed by atoms with Crippen molar-refractivity contribution in [2.75, 3.05) is 26.2 Å². The number of aromatic nitrogens is 2. The van der Waals surface area contributed by atoms with Gasteiger partial charge in [0.15, 0.2) is 0 Å². The maximum Gasteiger partial charge on any atom is 0.259 e. The molecule has 33 heavy (non-hydrogen) atoms. The lowest BCUT2D eigenvalue weighted by molar-refractivity contribution is 0.0625. The summed E-state index contributed by atoms with van der Waals surface area (Å²) in [5.74, 6) is 0.804. The molecule has 1 saturated heterocycles. The van der Waals surface area contributed by atoms with Gasteiger partial charge < -0.3 is 9.88 Å². The molecule has 1 aliphatic carbocycles. The molecule has 3 heterocycles. The molecule has 4 aromatic rings. The first-order valence-corrected chi connectivity index (χ1v) is 12.5. The second kappa shape index (κ2) is 8.39. The Hall–Kier alpha value is -3.03. The van der Waals surface area contributed by atoms with Crippen LogP contribution in [-0.4, -0.2) is 51.9 Å². The molecule has 7 heteroatoms. The summed E-state index contributed by atoms with van der Waals surface area (Å²) in [6.07, 6.45) is 4.42. The normalized spacial score (nSPS) is 16.9. The number of carbonyl (C=O) groups is 1. The zero-order valence-corrected chi connectivity index (χ0v) is 19.3. The number of piperazine rings is 1. The average Bonchev–Trinajstić information content (AvgIpc) is 3.22. The number of thiophene rings is 1. The lowest BCUT2D eigenvalue weighted by Gasteiger charge is -2.34. The molecule has 1 amide bonds. The minimum atomic E-state index is -0.000446. The first kappa shape index (κ1) is 20.6. The van der Waals surface area contributed by atoms with E-state index in [2.05, 4.69) is 16.0 Å². The van der Waals surface area contributed by atoms with Crippen molar-refractivity contribution in [3.8, 4) is 0 Å². The quantitative estimate of drug-likeness (QED) is 0.504. The van der Waals surface area contributed by atoms with Gasteiger partial charge in [0, 0.05) is 36.6 Å². The molecule has 168 valence electrons. The van der Waals surface area contributed by atoms with Crippen LogP contribution in [0.5, 0.6) is 0 Å². The molecule has 6 nitrogen and oxygen atoms in total. The first-order valence-electron chi connectivity index (χ1n) is 11.7. The van der Waals surface area contributed by atoms with Crippen molar-refractivity contribution >= 4 is 38.2 Å². The summed E-state index contributed by atoms with van der Waals surface area (Å²) in [5.41, 5.74) is 1.96. The average molecular weight is 459 g/mol. The third-order valence-electron chi connectivity index (χ3n) is 6.90. The van der Waals surface area contributed by atoms with E-state index in [4.69, 9.17) is 4.98 Å². The fourth-order valence-corrected chi connectivity index (χ4v) is 6.39. The first-order chi connectivity index (χ1) is 16.2. The molecule has 0 unspecified atom stereocenters. The monoisotopic (exact) mass is 458 g/mol. The smallest absolute Gasteiger partial charge is 0.259 e. The van der Waals surface area contributed by atoms with Crippen molar-refractivity contribution in [1.29, 1.82) is 0 Å². The third-order valence-corrected chi connectivity index (χ3v) is 8.09. The van der Waals surface area contributed by atoms with Crippen molar-refractivity contribution in [3.05, 3.63) is 74.6 Å². The number of fused-ring (bicyclic) bond motifs is 4. The molecule has 6 rings (SSSR count). The van der Waals surface area contributed by atoms with Crippen LogP contribution in [0.15, 0.2) is 47.3 Å². The van der Waals surface area contributed by atoms with Crippen LogP contribution in [0.25, 0.3) is 21.0 Å². The number of amides is 1. The highest BCUT2D eigenvalue weighted by molar-refractivity contribution is 7.18. The standard InChI is InChI=1S/C26H26N4O2S/c31-24-23-20-7-3-4-8-21(20)33-25(23)28-22(27-24)16-29-11-13-30(14-12-29)26(32)19-10-9-17-5-1-2-6-18(17)15-19/h1-2,5-6,9-10,15H,3-4,7-8,11-14,16H2,(H,27,28,31). The number of rotatable bonds is 3. The van der Waals surface area contributed by atoms with E-state index in [0.29, 0.717) is 19.6 Å². The summed E-state index contributed by atoms with van der Waals surface area (Å²) in [7, 11) is 0. The van der Waals surface area contributed by atoms with Crippen molar-refractivity contribution < 1.29 is 4.79 Å². The van der Waals surface area contributed by atoms with E-state index in [-0.39, 0.29) is 11.5 Å². The van der Waals surface area contributed by atoms with Gasteiger partial charge in [-0.15, -0.1) is 11.3 Å². The van der Waals surface area contributed by atoms with Gasteiger partial charge in [-0.1, -0.05) is 30.3 Å². The molecule has 2 aliphatic rings. The fraction of sp³-hybridized carbons (Fsp3) is 0.346. The highest BCUT2D eigenvalue weighted by Crippen LogP contribution is 2.33. The predicted molar refractivity (Wildman–Crippen MR) is 132 cm³/mol. The van der Waals surface area contributed by atoms with E-state index in [1.807, 2.05) is 41.3 Å². The van der Waals surface area contributed by atoms with Crippen molar-refractivity contribution in [2.24, 2.45) is 0 Å². The molecule has 0 spiro atoms. The summed E-state index contributed by atoms with van der Waals surface area (Å²) >= 11 is 1.69. The highest BCUT2D eigenvalue weighted by atomic mass is 32.1. The molecule has 0 bridgehead atoms. The molecule has 2 aromatic heterocycles. The van der Waals surface area contributed by atoms with Crippen molar-refractivity contribution in [1.82, 2.24) is 19.8 Å². The Morgan fingerprint density at radius 1 is 1.00 bits per heavy atom. The van der Waals surface area contributed by atoms with Crippen molar-refractivity contribution in [2.45, 2.75) is 32.2 Å². The third kappa shape index (κ3) is 3.85. The molecule has 0 saturated carbocycles. The van der Waals surface area contributed by atoms with Crippen molar-refractivity contribution in [3.63, 3.8) is 0 Å². The van der Waals surface area contributed by atoms with Gasteiger partial charge in [-0.25, -0.2) is 4.98 Å². The largest absolute Gasteiger partial charge is 0.336 e.